The van der Waals surface area contributed by atoms with Gasteiger partial charge in [0.2, 0.25) is 5.91 Å². The van der Waals surface area contributed by atoms with Crippen molar-refractivity contribution in [2.75, 3.05) is 13.7 Å². The SMILES string of the molecule is COc1ccccc1[C@@H]1[C@H]2CCCC[C@@]2(O)CCN1C(=O)C=Cc1ccc(C(C)C)cc1. The summed E-state index contributed by atoms with van der Waals surface area (Å²) < 4.78 is 5.66. The third kappa shape index (κ3) is 4.47. The second-order valence-electron chi connectivity index (χ2n) is 9.58. The molecule has 2 fully saturated rings. The summed E-state index contributed by atoms with van der Waals surface area (Å²) in [6.07, 6.45) is 8.07. The highest BCUT2D eigenvalue weighted by atomic mass is 16.5. The number of benzene rings is 2. The fourth-order valence-corrected chi connectivity index (χ4v) is 5.48. The number of nitrogens with zero attached hydrogens (tertiary/aromatic N) is 1. The topological polar surface area (TPSA) is 49.8 Å². The molecule has 170 valence electrons. The number of carbonyl (C=O) groups excluding carboxylic acids is 1. The highest BCUT2D eigenvalue weighted by Gasteiger charge is 2.50. The molecule has 4 nitrogen and oxygen atoms in total. The highest BCUT2D eigenvalue weighted by Crippen LogP contribution is 2.50. The summed E-state index contributed by atoms with van der Waals surface area (Å²) >= 11 is 0. The number of ether oxygens (including phenoxy) is 1. The van der Waals surface area contributed by atoms with Crippen LogP contribution in [-0.4, -0.2) is 35.2 Å². The van der Waals surface area contributed by atoms with Gasteiger partial charge < -0.3 is 14.7 Å². The van der Waals surface area contributed by atoms with Gasteiger partial charge >= 0.3 is 0 Å². The molecule has 3 atom stereocenters. The molecule has 2 aromatic carbocycles. The van der Waals surface area contributed by atoms with Gasteiger partial charge in [-0.2, -0.15) is 0 Å². The number of amides is 1. The van der Waals surface area contributed by atoms with E-state index in [0.717, 1.165) is 42.6 Å². The second kappa shape index (κ2) is 9.50. The first-order valence-electron chi connectivity index (χ1n) is 11.9. The summed E-state index contributed by atoms with van der Waals surface area (Å²) in [6, 6.07) is 16.1. The number of hydrogen-bond donors (Lipinski definition) is 1. The lowest BCUT2D eigenvalue weighted by atomic mass is 9.66. The lowest BCUT2D eigenvalue weighted by Crippen LogP contribution is -2.56. The summed E-state index contributed by atoms with van der Waals surface area (Å²) in [5, 5.41) is 11.5. The molecule has 32 heavy (non-hydrogen) atoms. The molecule has 1 saturated heterocycles. The van der Waals surface area contributed by atoms with E-state index in [2.05, 4.69) is 38.1 Å². The molecule has 0 bridgehead atoms. The molecule has 0 spiro atoms. The van der Waals surface area contributed by atoms with Crippen LogP contribution in [0.2, 0.25) is 0 Å². The minimum atomic E-state index is -0.711. The Bertz CT molecular complexity index is 965. The molecule has 4 rings (SSSR count). The lowest BCUT2D eigenvalue weighted by Gasteiger charge is -2.52. The van der Waals surface area contributed by atoms with Crippen molar-refractivity contribution in [3.8, 4) is 5.75 Å². The highest BCUT2D eigenvalue weighted by molar-refractivity contribution is 5.92. The van der Waals surface area contributed by atoms with Gasteiger partial charge in [0, 0.05) is 24.1 Å². The maximum absolute atomic E-state index is 13.4. The molecule has 2 aromatic rings. The minimum Gasteiger partial charge on any atom is -0.496 e. The smallest absolute Gasteiger partial charge is 0.247 e. The molecule has 0 radical (unpaired) electrons. The minimum absolute atomic E-state index is 0.0125. The van der Waals surface area contributed by atoms with Crippen molar-refractivity contribution >= 4 is 12.0 Å². The Morgan fingerprint density at radius 2 is 1.88 bits per heavy atom. The Hall–Kier alpha value is -2.59. The number of hydrogen-bond acceptors (Lipinski definition) is 3. The third-order valence-corrected chi connectivity index (χ3v) is 7.33. The molecule has 1 N–H and O–H groups in total. The first-order valence-corrected chi connectivity index (χ1v) is 11.9. The zero-order chi connectivity index (χ0) is 22.7. The van der Waals surface area contributed by atoms with Crippen molar-refractivity contribution in [2.24, 2.45) is 5.92 Å². The number of para-hydroxylation sites is 1. The van der Waals surface area contributed by atoms with E-state index in [0.29, 0.717) is 18.9 Å². The van der Waals surface area contributed by atoms with Gasteiger partial charge in [-0.05, 0) is 48.4 Å². The van der Waals surface area contributed by atoms with E-state index in [1.807, 2.05) is 35.2 Å². The molecule has 1 aliphatic heterocycles. The standard InChI is InChI=1S/C28H35NO3/c1-20(2)22-14-11-21(12-15-22)13-16-26(30)29-19-18-28(31)17-7-6-9-24(28)27(29)23-8-4-5-10-25(23)32-3/h4-5,8,10-16,20,24,27,31H,6-7,9,17-19H2,1-3H3/t24-,27-,28-/m1/s1. The predicted octanol–water partition coefficient (Wildman–Crippen LogP) is 5.73. The maximum atomic E-state index is 13.4. The Kier molecular flexibility index (Phi) is 6.71. The van der Waals surface area contributed by atoms with Crippen LogP contribution in [0.25, 0.3) is 6.08 Å². The molecular weight excluding hydrogens is 398 g/mol. The van der Waals surface area contributed by atoms with Crippen LogP contribution in [-0.2, 0) is 4.79 Å². The van der Waals surface area contributed by atoms with Crippen molar-refractivity contribution in [3.63, 3.8) is 0 Å². The van der Waals surface area contributed by atoms with Crippen LogP contribution in [0.3, 0.4) is 0 Å². The van der Waals surface area contributed by atoms with E-state index in [9.17, 15) is 9.90 Å². The van der Waals surface area contributed by atoms with Crippen LogP contribution in [0.1, 0.15) is 74.6 Å². The van der Waals surface area contributed by atoms with Gasteiger partial charge in [-0.25, -0.2) is 0 Å². The van der Waals surface area contributed by atoms with Crippen LogP contribution in [0.15, 0.2) is 54.6 Å². The quantitative estimate of drug-likeness (QED) is 0.613. The van der Waals surface area contributed by atoms with Gasteiger partial charge in [-0.15, -0.1) is 0 Å². The van der Waals surface area contributed by atoms with Crippen LogP contribution >= 0.6 is 0 Å². The summed E-state index contributed by atoms with van der Waals surface area (Å²) in [5.74, 6) is 1.27. The second-order valence-corrected chi connectivity index (χ2v) is 9.58. The number of aliphatic hydroxyl groups is 1. The van der Waals surface area contributed by atoms with Gasteiger partial charge in [-0.1, -0.05) is 69.2 Å². The fourth-order valence-electron chi connectivity index (χ4n) is 5.48. The van der Waals surface area contributed by atoms with Crippen molar-refractivity contribution in [2.45, 2.75) is 63.5 Å². The third-order valence-electron chi connectivity index (χ3n) is 7.33. The maximum Gasteiger partial charge on any atom is 0.247 e. The van der Waals surface area contributed by atoms with Crippen molar-refractivity contribution in [1.82, 2.24) is 4.90 Å². The average molecular weight is 434 g/mol. The Morgan fingerprint density at radius 3 is 2.59 bits per heavy atom. The summed E-state index contributed by atoms with van der Waals surface area (Å²) in [5.41, 5.74) is 2.58. The number of likely N-dealkylation sites (tertiary alicyclic amines) is 1. The van der Waals surface area contributed by atoms with Gasteiger partial charge in [0.25, 0.3) is 0 Å². The van der Waals surface area contributed by atoms with E-state index in [4.69, 9.17) is 4.74 Å². The zero-order valence-corrected chi connectivity index (χ0v) is 19.5. The van der Waals surface area contributed by atoms with Gasteiger partial charge in [-0.3, -0.25) is 4.79 Å². The number of piperidine rings is 1. The summed E-state index contributed by atoms with van der Waals surface area (Å²) in [4.78, 5) is 15.4. The largest absolute Gasteiger partial charge is 0.496 e. The van der Waals surface area contributed by atoms with Crippen LogP contribution in [0.4, 0.5) is 0 Å². The average Bonchev–Trinajstić information content (AvgIpc) is 2.81. The molecular formula is C28H35NO3. The fraction of sp³-hybridized carbons (Fsp3) is 0.464. The zero-order valence-electron chi connectivity index (χ0n) is 19.5. The van der Waals surface area contributed by atoms with Crippen LogP contribution in [0, 0.1) is 5.92 Å². The van der Waals surface area contributed by atoms with E-state index in [1.165, 1.54) is 5.56 Å². The molecule has 1 aliphatic carbocycles. The first kappa shape index (κ1) is 22.6. The molecule has 1 amide bonds. The Morgan fingerprint density at radius 1 is 1.12 bits per heavy atom. The number of rotatable bonds is 5. The number of carbonyl (C=O) groups is 1. The Labute approximate surface area is 191 Å². The lowest BCUT2D eigenvalue weighted by molar-refractivity contribution is -0.151. The summed E-state index contributed by atoms with van der Waals surface area (Å²) in [6.45, 7) is 4.90. The van der Waals surface area contributed by atoms with Crippen molar-refractivity contribution < 1.29 is 14.6 Å². The van der Waals surface area contributed by atoms with E-state index >= 15 is 0 Å². The van der Waals surface area contributed by atoms with E-state index < -0.39 is 5.60 Å². The Balaban J connectivity index is 1.64. The first-order chi connectivity index (χ1) is 15.4. The van der Waals surface area contributed by atoms with Gasteiger partial charge in [0.15, 0.2) is 0 Å². The molecule has 1 saturated carbocycles. The number of fused-ring (bicyclic) bond motifs is 1. The monoisotopic (exact) mass is 433 g/mol. The van der Waals surface area contributed by atoms with Crippen molar-refractivity contribution in [3.05, 3.63) is 71.3 Å². The van der Waals surface area contributed by atoms with Gasteiger partial charge in [0.05, 0.1) is 18.8 Å². The van der Waals surface area contributed by atoms with E-state index in [-0.39, 0.29) is 17.9 Å². The molecule has 1 heterocycles. The van der Waals surface area contributed by atoms with Gasteiger partial charge in [0.1, 0.15) is 5.75 Å². The summed E-state index contributed by atoms with van der Waals surface area (Å²) in [7, 11) is 1.67. The molecule has 0 aromatic heterocycles. The molecule has 2 aliphatic rings. The predicted molar refractivity (Wildman–Crippen MR) is 129 cm³/mol. The molecule has 4 heteroatoms. The van der Waals surface area contributed by atoms with Crippen molar-refractivity contribution in [1.29, 1.82) is 0 Å². The van der Waals surface area contributed by atoms with Crippen LogP contribution < -0.4 is 4.74 Å². The molecule has 0 unspecified atom stereocenters. The van der Waals surface area contributed by atoms with E-state index in [1.54, 1.807) is 13.2 Å². The number of methoxy groups -OCH3 is 1. The normalized spacial score (nSPS) is 25.7. The van der Waals surface area contributed by atoms with Crippen LogP contribution in [0.5, 0.6) is 5.75 Å².